The Balaban J connectivity index is 2.74. The Hall–Kier alpha value is -0.860. The van der Waals surface area contributed by atoms with E-state index in [1.54, 1.807) is 0 Å². The molecule has 1 unspecified atom stereocenters. The summed E-state index contributed by atoms with van der Waals surface area (Å²) in [6.45, 7) is 0. The lowest BCUT2D eigenvalue weighted by Crippen LogP contribution is -2.05. The average Bonchev–Trinajstić information content (AvgIpc) is 1.80. The van der Waals surface area contributed by atoms with Crippen LogP contribution >= 0.6 is 0 Å². The standard InChI is InChI=1S/C6H6F2O/c7-5-2-1-4(9)3-6(5)8/h1-2,6,9H,3H2/p+1. The smallest absolute Gasteiger partial charge is 0.232 e. The highest BCUT2D eigenvalue weighted by Crippen LogP contribution is 2.20. The fourth-order valence-corrected chi connectivity index (χ4v) is 0.643. The zero-order valence-corrected chi connectivity index (χ0v) is 4.70. The number of allylic oxidation sites excluding steroid dienone is 4. The van der Waals surface area contributed by atoms with Gasteiger partial charge in [-0.05, 0) is 6.08 Å². The van der Waals surface area contributed by atoms with E-state index >= 15 is 0 Å². The molecule has 0 heterocycles. The molecule has 0 aliphatic heterocycles. The molecular formula is C6H7F2O+. The van der Waals surface area contributed by atoms with Crippen LogP contribution in [0.3, 0.4) is 0 Å². The predicted molar refractivity (Wildman–Crippen MR) is 30.4 cm³/mol. The summed E-state index contributed by atoms with van der Waals surface area (Å²) < 4.78 is 24.3. The molecule has 0 aromatic carbocycles. The van der Waals surface area contributed by atoms with Crippen LogP contribution < -0.4 is 0 Å². The Kier molecular flexibility index (Phi) is 1.51. The molecule has 0 bridgehead atoms. The third-order valence-electron chi connectivity index (χ3n) is 1.14. The minimum Gasteiger partial charge on any atom is -0.596 e. The number of alkyl halides is 1. The first-order valence-electron chi connectivity index (χ1n) is 2.62. The van der Waals surface area contributed by atoms with Gasteiger partial charge >= 0.3 is 0 Å². The third-order valence-corrected chi connectivity index (χ3v) is 1.14. The summed E-state index contributed by atoms with van der Waals surface area (Å²) in [6.07, 6.45) is 0.562. The molecule has 0 amide bonds. The van der Waals surface area contributed by atoms with Crippen LogP contribution in [0.5, 0.6) is 0 Å². The molecule has 0 spiro atoms. The highest BCUT2D eigenvalue weighted by Gasteiger charge is 2.20. The van der Waals surface area contributed by atoms with Crippen molar-refractivity contribution >= 4 is 0 Å². The molecule has 1 nitrogen and oxygen atoms in total. The van der Waals surface area contributed by atoms with E-state index in [1.807, 2.05) is 0 Å². The van der Waals surface area contributed by atoms with Gasteiger partial charge in [0.25, 0.3) is 0 Å². The Labute approximate surface area is 51.3 Å². The normalized spacial score (nSPS) is 27.1. The molecule has 1 aliphatic carbocycles. The van der Waals surface area contributed by atoms with E-state index in [0.717, 1.165) is 6.08 Å². The fourth-order valence-electron chi connectivity index (χ4n) is 0.643. The van der Waals surface area contributed by atoms with Crippen LogP contribution in [0.4, 0.5) is 8.78 Å². The molecule has 50 valence electrons. The van der Waals surface area contributed by atoms with Crippen molar-refractivity contribution in [1.82, 2.24) is 0 Å². The number of hydrogen-bond acceptors (Lipinski definition) is 0. The van der Waals surface area contributed by atoms with Crippen LogP contribution in [0.2, 0.25) is 0 Å². The summed E-state index contributed by atoms with van der Waals surface area (Å²) >= 11 is 0. The SMILES string of the molecule is [OH2+]C1=CC=C(F)C(F)C1. The van der Waals surface area contributed by atoms with Gasteiger partial charge in [0.05, 0.1) is 6.42 Å². The first-order chi connectivity index (χ1) is 4.20. The molecule has 2 N–H and O–H groups in total. The van der Waals surface area contributed by atoms with Crippen LogP contribution in [0.15, 0.2) is 23.7 Å². The fraction of sp³-hybridized carbons (Fsp3) is 0.333. The van der Waals surface area contributed by atoms with Crippen LogP contribution in [0, 0.1) is 0 Å². The second-order valence-electron chi connectivity index (χ2n) is 1.92. The monoisotopic (exact) mass is 133 g/mol. The molecule has 1 atom stereocenters. The number of halogens is 2. The van der Waals surface area contributed by atoms with E-state index in [-0.39, 0.29) is 12.2 Å². The maximum atomic E-state index is 12.2. The van der Waals surface area contributed by atoms with E-state index in [1.165, 1.54) is 6.08 Å². The molecule has 1 rings (SSSR count). The Morgan fingerprint density at radius 2 is 2.22 bits per heavy atom. The van der Waals surface area contributed by atoms with E-state index < -0.39 is 12.0 Å². The van der Waals surface area contributed by atoms with Crippen molar-refractivity contribution in [1.29, 1.82) is 0 Å². The van der Waals surface area contributed by atoms with Gasteiger partial charge in [-0.2, -0.15) is 0 Å². The van der Waals surface area contributed by atoms with Gasteiger partial charge in [0.15, 0.2) is 6.17 Å². The van der Waals surface area contributed by atoms with Gasteiger partial charge in [0, 0.05) is 6.08 Å². The lowest BCUT2D eigenvalue weighted by atomic mass is 10.1. The van der Waals surface area contributed by atoms with Crippen LogP contribution in [0.1, 0.15) is 6.42 Å². The summed E-state index contributed by atoms with van der Waals surface area (Å²) in [7, 11) is 0. The molecular weight excluding hydrogens is 126 g/mol. The van der Waals surface area contributed by atoms with Gasteiger partial charge < -0.3 is 5.11 Å². The maximum absolute atomic E-state index is 12.2. The minimum absolute atomic E-state index is 0.123. The van der Waals surface area contributed by atoms with Crippen molar-refractivity contribution in [3.8, 4) is 0 Å². The Morgan fingerprint density at radius 3 is 2.67 bits per heavy atom. The van der Waals surface area contributed by atoms with Gasteiger partial charge in [0.2, 0.25) is 5.76 Å². The van der Waals surface area contributed by atoms with Crippen LogP contribution in [-0.2, 0) is 0 Å². The molecule has 0 radical (unpaired) electrons. The highest BCUT2D eigenvalue weighted by atomic mass is 19.2. The largest absolute Gasteiger partial charge is 0.596 e. The molecule has 0 aromatic rings. The summed E-state index contributed by atoms with van der Waals surface area (Å²) in [6, 6.07) is 0. The lowest BCUT2D eigenvalue weighted by Gasteiger charge is -2.05. The molecule has 0 aromatic heterocycles. The molecule has 0 saturated carbocycles. The van der Waals surface area contributed by atoms with Crippen LogP contribution in [-0.4, -0.2) is 11.3 Å². The summed E-state index contributed by atoms with van der Waals surface area (Å²) in [5.74, 6) is -0.630. The third kappa shape index (κ3) is 1.28. The Morgan fingerprint density at radius 1 is 1.56 bits per heavy atom. The van der Waals surface area contributed by atoms with Gasteiger partial charge in [-0.15, -0.1) is 0 Å². The van der Waals surface area contributed by atoms with E-state index in [0.29, 0.717) is 0 Å². The molecule has 0 saturated heterocycles. The van der Waals surface area contributed by atoms with E-state index in [9.17, 15) is 8.78 Å². The maximum Gasteiger partial charge on any atom is 0.232 e. The minimum atomic E-state index is -1.58. The zero-order valence-electron chi connectivity index (χ0n) is 4.70. The first kappa shape index (κ1) is 6.26. The van der Waals surface area contributed by atoms with E-state index in [4.69, 9.17) is 5.11 Å². The quantitative estimate of drug-likeness (QED) is 0.443. The number of rotatable bonds is 0. The first-order valence-corrected chi connectivity index (χ1v) is 2.62. The van der Waals surface area contributed by atoms with Crippen molar-refractivity contribution in [2.24, 2.45) is 0 Å². The van der Waals surface area contributed by atoms with Crippen LogP contribution in [0.25, 0.3) is 0 Å². The Bertz CT molecular complexity index is 172. The zero-order chi connectivity index (χ0) is 6.85. The summed E-state index contributed by atoms with van der Waals surface area (Å²) in [5.41, 5.74) is 0. The van der Waals surface area contributed by atoms with Crippen molar-refractivity contribution in [3.05, 3.63) is 23.7 Å². The van der Waals surface area contributed by atoms with E-state index in [2.05, 4.69) is 0 Å². The van der Waals surface area contributed by atoms with Crippen molar-refractivity contribution < 1.29 is 13.9 Å². The lowest BCUT2D eigenvalue weighted by molar-refractivity contribution is 0.273. The predicted octanol–water partition coefficient (Wildman–Crippen LogP) is 1.19. The highest BCUT2D eigenvalue weighted by molar-refractivity contribution is 5.19. The second kappa shape index (κ2) is 2.17. The van der Waals surface area contributed by atoms with Crippen molar-refractivity contribution in [2.75, 3.05) is 0 Å². The second-order valence-corrected chi connectivity index (χ2v) is 1.92. The summed E-state index contributed by atoms with van der Waals surface area (Å²) in [4.78, 5) is 0. The van der Waals surface area contributed by atoms with Crippen molar-refractivity contribution in [3.63, 3.8) is 0 Å². The molecule has 9 heavy (non-hydrogen) atoms. The van der Waals surface area contributed by atoms with Gasteiger partial charge in [0.1, 0.15) is 5.83 Å². The topological polar surface area (TPSA) is 22.9 Å². The summed E-state index contributed by atoms with van der Waals surface area (Å²) in [5, 5.41) is 6.90. The number of hydrogen-bond donors (Lipinski definition) is 0. The van der Waals surface area contributed by atoms with Gasteiger partial charge in [-0.25, -0.2) is 8.78 Å². The average molecular weight is 133 g/mol. The molecule has 3 heteroatoms. The van der Waals surface area contributed by atoms with Gasteiger partial charge in [-0.1, -0.05) is 0 Å². The molecule has 0 fully saturated rings. The van der Waals surface area contributed by atoms with Gasteiger partial charge in [-0.3, -0.25) is 0 Å². The molecule has 1 aliphatic rings. The van der Waals surface area contributed by atoms with Crippen molar-refractivity contribution in [2.45, 2.75) is 12.6 Å².